The van der Waals surface area contributed by atoms with E-state index in [0.29, 0.717) is 44.2 Å². The van der Waals surface area contributed by atoms with E-state index in [2.05, 4.69) is 15.5 Å². The quantitative estimate of drug-likeness (QED) is 0.543. The van der Waals surface area contributed by atoms with Crippen molar-refractivity contribution < 1.29 is 24.2 Å². The minimum absolute atomic E-state index is 0.139. The molecular weight excluding hydrogens is 376 g/mol. The van der Waals surface area contributed by atoms with E-state index in [1.54, 1.807) is 29.2 Å². The lowest BCUT2D eigenvalue weighted by molar-refractivity contribution is -0.147. The molecule has 2 fully saturated rings. The molecule has 1 heterocycles. The van der Waals surface area contributed by atoms with Crippen LogP contribution in [0.1, 0.15) is 19.8 Å². The molecule has 1 aromatic carbocycles. The summed E-state index contributed by atoms with van der Waals surface area (Å²) in [6, 6.07) is 7.10. The topological polar surface area (TPSA) is 111 Å². The number of nitrogens with one attached hydrogen (secondary N) is 2. The third kappa shape index (κ3) is 6.72. The molecule has 9 heteroatoms. The van der Waals surface area contributed by atoms with Gasteiger partial charge in [0.1, 0.15) is 18.5 Å². The third-order valence-electron chi connectivity index (χ3n) is 4.85. The molecule has 9 nitrogen and oxygen atoms in total. The van der Waals surface area contributed by atoms with Crippen molar-refractivity contribution >= 4 is 23.4 Å². The van der Waals surface area contributed by atoms with Crippen molar-refractivity contribution in [3.05, 3.63) is 24.3 Å². The maximum Gasteiger partial charge on any atom is 0.311 e. The summed E-state index contributed by atoms with van der Waals surface area (Å²) in [5.41, 5.74) is 0.684. The second-order valence-electron chi connectivity index (χ2n) is 7.51. The summed E-state index contributed by atoms with van der Waals surface area (Å²) >= 11 is 0. The monoisotopic (exact) mass is 404 g/mol. The van der Waals surface area contributed by atoms with Gasteiger partial charge in [-0.2, -0.15) is 0 Å². The Morgan fingerprint density at radius 1 is 1.14 bits per heavy atom. The molecule has 1 atom stereocenters. The van der Waals surface area contributed by atoms with Crippen molar-refractivity contribution in [1.82, 2.24) is 15.1 Å². The Morgan fingerprint density at radius 3 is 2.38 bits per heavy atom. The number of carbonyl (C=O) groups is 3. The van der Waals surface area contributed by atoms with Crippen molar-refractivity contribution in [2.24, 2.45) is 0 Å². The number of aliphatic hydroxyl groups is 1. The predicted molar refractivity (Wildman–Crippen MR) is 106 cm³/mol. The van der Waals surface area contributed by atoms with Crippen LogP contribution in [0.5, 0.6) is 5.75 Å². The number of nitrogens with zero attached hydrogens (tertiary/aromatic N) is 2. The van der Waals surface area contributed by atoms with Gasteiger partial charge in [0, 0.05) is 51.4 Å². The molecule has 3 rings (SSSR count). The normalized spacial score (nSPS) is 18.1. The van der Waals surface area contributed by atoms with Crippen LogP contribution in [0.15, 0.2) is 24.3 Å². The lowest BCUT2D eigenvalue weighted by atomic mass is 10.2. The van der Waals surface area contributed by atoms with Gasteiger partial charge in [0.15, 0.2) is 0 Å². The van der Waals surface area contributed by atoms with E-state index in [1.807, 2.05) is 0 Å². The summed E-state index contributed by atoms with van der Waals surface area (Å²) in [7, 11) is 0. The Bertz CT molecular complexity index is 727. The molecule has 2 aliphatic rings. The molecule has 3 amide bonds. The fraction of sp³-hybridized carbons (Fsp3) is 0.550. The number of aliphatic hydroxyl groups excluding tert-OH is 1. The molecule has 1 aromatic rings. The number of amides is 3. The van der Waals surface area contributed by atoms with Gasteiger partial charge in [-0.05, 0) is 37.1 Å². The molecule has 0 bridgehead atoms. The number of piperazine rings is 1. The van der Waals surface area contributed by atoms with Crippen molar-refractivity contribution in [2.45, 2.75) is 31.9 Å². The van der Waals surface area contributed by atoms with E-state index >= 15 is 0 Å². The number of ether oxygens (including phenoxy) is 1. The molecule has 1 aliphatic carbocycles. The Hall–Kier alpha value is -2.65. The van der Waals surface area contributed by atoms with Gasteiger partial charge in [0.2, 0.25) is 5.91 Å². The minimum atomic E-state index is -0.676. The highest BCUT2D eigenvalue weighted by Crippen LogP contribution is 2.18. The molecule has 29 heavy (non-hydrogen) atoms. The standard InChI is InChI=1S/C20H28N4O5/c1-14(25)21-15-4-6-18(7-5-15)29-13-17(26)12-23-8-10-24(11-9-23)20(28)19(27)22-16-2-3-16/h4-7,16-17,26H,2-3,8-13H2,1H3,(H,21,25)(H,22,27). The number of hydrogen-bond acceptors (Lipinski definition) is 6. The molecule has 3 N–H and O–H groups in total. The van der Waals surface area contributed by atoms with Crippen LogP contribution in [0.3, 0.4) is 0 Å². The second kappa shape index (κ2) is 9.71. The molecule has 1 saturated carbocycles. The van der Waals surface area contributed by atoms with E-state index in [9.17, 15) is 19.5 Å². The predicted octanol–water partition coefficient (Wildman–Crippen LogP) is -0.192. The van der Waals surface area contributed by atoms with Gasteiger partial charge < -0.3 is 25.4 Å². The van der Waals surface area contributed by atoms with Crippen molar-refractivity contribution in [1.29, 1.82) is 0 Å². The largest absolute Gasteiger partial charge is 0.491 e. The summed E-state index contributed by atoms with van der Waals surface area (Å²) in [5.74, 6) is -0.517. The molecule has 0 radical (unpaired) electrons. The zero-order chi connectivity index (χ0) is 20.8. The molecule has 1 saturated heterocycles. The highest BCUT2D eigenvalue weighted by Gasteiger charge is 2.30. The third-order valence-corrected chi connectivity index (χ3v) is 4.85. The van der Waals surface area contributed by atoms with Gasteiger partial charge >= 0.3 is 11.8 Å². The Morgan fingerprint density at radius 2 is 1.79 bits per heavy atom. The van der Waals surface area contributed by atoms with Gasteiger partial charge in [-0.25, -0.2) is 0 Å². The SMILES string of the molecule is CC(=O)Nc1ccc(OCC(O)CN2CCN(C(=O)C(=O)NC3CC3)CC2)cc1. The molecular formula is C20H28N4O5. The first-order valence-electron chi connectivity index (χ1n) is 9.91. The van der Waals surface area contributed by atoms with E-state index in [0.717, 1.165) is 12.8 Å². The van der Waals surface area contributed by atoms with Gasteiger partial charge in [0.25, 0.3) is 0 Å². The van der Waals surface area contributed by atoms with Crippen molar-refractivity contribution in [3.8, 4) is 5.75 Å². The number of β-amino-alcohol motifs (C(OH)–C–C–N with tert-alkyl or cyclic N) is 1. The maximum absolute atomic E-state index is 12.1. The molecule has 1 unspecified atom stereocenters. The smallest absolute Gasteiger partial charge is 0.311 e. The Kier molecular flexibility index (Phi) is 7.05. The van der Waals surface area contributed by atoms with Crippen LogP contribution < -0.4 is 15.4 Å². The van der Waals surface area contributed by atoms with E-state index in [1.165, 1.54) is 6.92 Å². The second-order valence-corrected chi connectivity index (χ2v) is 7.51. The summed E-state index contributed by atoms with van der Waals surface area (Å²) in [6.07, 6.45) is 1.23. The van der Waals surface area contributed by atoms with Crippen LogP contribution in [0.2, 0.25) is 0 Å². The molecule has 158 valence electrons. The summed E-state index contributed by atoms with van der Waals surface area (Å²) in [4.78, 5) is 38.6. The van der Waals surface area contributed by atoms with Gasteiger partial charge in [-0.15, -0.1) is 0 Å². The van der Waals surface area contributed by atoms with Crippen LogP contribution in [-0.4, -0.2) is 84.1 Å². The van der Waals surface area contributed by atoms with Gasteiger partial charge in [-0.3, -0.25) is 19.3 Å². The van der Waals surface area contributed by atoms with Crippen LogP contribution >= 0.6 is 0 Å². The zero-order valence-electron chi connectivity index (χ0n) is 16.6. The number of rotatable bonds is 7. The van der Waals surface area contributed by atoms with E-state index in [-0.39, 0.29) is 18.6 Å². The van der Waals surface area contributed by atoms with E-state index in [4.69, 9.17) is 4.74 Å². The Labute approximate surface area is 170 Å². The first kappa shape index (κ1) is 21.1. The highest BCUT2D eigenvalue weighted by molar-refractivity contribution is 6.35. The first-order valence-corrected chi connectivity index (χ1v) is 9.91. The number of anilines is 1. The number of carbonyl (C=O) groups excluding carboxylic acids is 3. The van der Waals surface area contributed by atoms with Crippen LogP contribution in [0.25, 0.3) is 0 Å². The average molecular weight is 404 g/mol. The molecule has 1 aliphatic heterocycles. The van der Waals surface area contributed by atoms with Crippen LogP contribution in [0, 0.1) is 0 Å². The first-order chi connectivity index (χ1) is 13.9. The lowest BCUT2D eigenvalue weighted by Crippen LogP contribution is -2.54. The summed E-state index contributed by atoms with van der Waals surface area (Å²) < 4.78 is 5.60. The van der Waals surface area contributed by atoms with Crippen LogP contribution in [-0.2, 0) is 14.4 Å². The fourth-order valence-corrected chi connectivity index (χ4v) is 3.13. The molecule has 0 aromatic heterocycles. The van der Waals surface area contributed by atoms with Crippen molar-refractivity contribution in [2.75, 3.05) is 44.6 Å². The fourth-order valence-electron chi connectivity index (χ4n) is 3.13. The summed E-state index contributed by atoms with van der Waals surface area (Å²) in [5, 5.41) is 15.6. The zero-order valence-corrected chi connectivity index (χ0v) is 16.6. The maximum atomic E-state index is 12.1. The van der Waals surface area contributed by atoms with E-state index < -0.39 is 17.9 Å². The van der Waals surface area contributed by atoms with Gasteiger partial charge in [-0.1, -0.05) is 0 Å². The summed E-state index contributed by atoms with van der Waals surface area (Å²) in [6.45, 7) is 4.15. The van der Waals surface area contributed by atoms with Crippen molar-refractivity contribution in [3.63, 3.8) is 0 Å². The van der Waals surface area contributed by atoms with Gasteiger partial charge in [0.05, 0.1) is 0 Å². The number of hydrogen-bond donors (Lipinski definition) is 3. The molecule has 0 spiro atoms. The average Bonchev–Trinajstić information content (AvgIpc) is 3.51. The minimum Gasteiger partial charge on any atom is -0.491 e. The van der Waals surface area contributed by atoms with Crippen LogP contribution in [0.4, 0.5) is 5.69 Å². The highest BCUT2D eigenvalue weighted by atomic mass is 16.5. The number of benzene rings is 1. The lowest BCUT2D eigenvalue weighted by Gasteiger charge is -2.35. The Balaban J connectivity index is 1.35.